The van der Waals surface area contributed by atoms with E-state index in [0.717, 1.165) is 28.3 Å². The molecule has 1 unspecified atom stereocenters. The largest absolute Gasteiger partial charge is 0.490 e. The molecule has 2 heterocycles. The van der Waals surface area contributed by atoms with Crippen molar-refractivity contribution in [3.63, 3.8) is 0 Å². The number of fused-ring (bicyclic) bond motifs is 1. The predicted molar refractivity (Wildman–Crippen MR) is 139 cm³/mol. The van der Waals surface area contributed by atoms with E-state index < -0.39 is 6.04 Å². The number of ether oxygens (including phenoxy) is 2. The maximum absolute atomic E-state index is 13.7. The highest BCUT2D eigenvalue weighted by Crippen LogP contribution is 2.40. The van der Waals surface area contributed by atoms with Gasteiger partial charge in [-0.1, -0.05) is 36.9 Å². The van der Waals surface area contributed by atoms with Gasteiger partial charge in [0.15, 0.2) is 11.5 Å². The fourth-order valence-electron chi connectivity index (χ4n) is 4.08. The zero-order valence-corrected chi connectivity index (χ0v) is 21.5. The number of amides is 1. The van der Waals surface area contributed by atoms with E-state index in [9.17, 15) is 4.79 Å². The summed E-state index contributed by atoms with van der Waals surface area (Å²) in [6.45, 7) is 10.8. The van der Waals surface area contributed by atoms with Crippen molar-refractivity contribution in [2.24, 2.45) is 0 Å². The molecule has 8 nitrogen and oxygen atoms in total. The Balaban J connectivity index is 1.81. The van der Waals surface area contributed by atoms with E-state index in [1.807, 2.05) is 70.2 Å². The Morgan fingerprint density at radius 3 is 2.57 bits per heavy atom. The van der Waals surface area contributed by atoms with Gasteiger partial charge in [0.2, 0.25) is 11.1 Å². The molecule has 4 rings (SSSR count). The van der Waals surface area contributed by atoms with Gasteiger partial charge in [0, 0.05) is 11.4 Å². The van der Waals surface area contributed by atoms with Gasteiger partial charge in [-0.15, -0.1) is 5.10 Å². The highest BCUT2D eigenvalue weighted by Gasteiger charge is 2.35. The van der Waals surface area contributed by atoms with Gasteiger partial charge in [-0.25, -0.2) is 4.68 Å². The molecular formula is C26H31N5O3S. The van der Waals surface area contributed by atoms with Crippen LogP contribution < -0.4 is 20.1 Å². The maximum Gasteiger partial charge on any atom is 0.255 e. The monoisotopic (exact) mass is 493 g/mol. The lowest BCUT2D eigenvalue weighted by Crippen LogP contribution is -2.31. The summed E-state index contributed by atoms with van der Waals surface area (Å²) in [6, 6.07) is 13.0. The van der Waals surface area contributed by atoms with Crippen molar-refractivity contribution < 1.29 is 14.3 Å². The minimum Gasteiger partial charge on any atom is -0.490 e. The number of rotatable bonds is 9. The highest BCUT2D eigenvalue weighted by molar-refractivity contribution is 7.99. The maximum atomic E-state index is 13.7. The minimum atomic E-state index is -0.496. The second-order valence-electron chi connectivity index (χ2n) is 8.06. The van der Waals surface area contributed by atoms with E-state index in [2.05, 4.69) is 22.5 Å². The number of hydrogen-bond acceptors (Lipinski definition) is 7. The lowest BCUT2D eigenvalue weighted by Gasteiger charge is -2.29. The molecule has 0 saturated carbocycles. The van der Waals surface area contributed by atoms with Crippen LogP contribution in [0.5, 0.6) is 11.5 Å². The number of aromatic nitrogens is 3. The topological polar surface area (TPSA) is 90.3 Å². The first kappa shape index (κ1) is 24.7. The molecule has 1 atom stereocenters. The summed E-state index contributed by atoms with van der Waals surface area (Å²) in [6.07, 6.45) is 0. The van der Waals surface area contributed by atoms with Crippen molar-refractivity contribution >= 4 is 29.3 Å². The quantitative estimate of drug-likeness (QED) is 0.385. The average molecular weight is 494 g/mol. The molecule has 0 fully saturated rings. The molecule has 9 heteroatoms. The molecule has 35 heavy (non-hydrogen) atoms. The van der Waals surface area contributed by atoms with E-state index in [0.29, 0.717) is 41.4 Å². The van der Waals surface area contributed by atoms with Crippen molar-refractivity contribution in [2.45, 2.75) is 45.8 Å². The summed E-state index contributed by atoms with van der Waals surface area (Å²) in [5.74, 6) is 2.54. The summed E-state index contributed by atoms with van der Waals surface area (Å²) in [5.41, 5.74) is 3.94. The minimum absolute atomic E-state index is 0.205. The number of nitrogens with one attached hydrogen (secondary N) is 2. The van der Waals surface area contributed by atoms with Crippen LogP contribution in [0.15, 0.2) is 58.9 Å². The van der Waals surface area contributed by atoms with Crippen molar-refractivity contribution in [2.75, 3.05) is 29.6 Å². The Labute approximate surface area is 210 Å². The lowest BCUT2D eigenvalue weighted by molar-refractivity contribution is -0.113. The van der Waals surface area contributed by atoms with Crippen LogP contribution in [0.2, 0.25) is 0 Å². The molecule has 0 radical (unpaired) electrons. The van der Waals surface area contributed by atoms with E-state index in [4.69, 9.17) is 14.6 Å². The van der Waals surface area contributed by atoms with Crippen molar-refractivity contribution in [3.8, 4) is 11.5 Å². The first-order valence-corrected chi connectivity index (χ1v) is 12.8. The smallest absolute Gasteiger partial charge is 0.255 e. The Bertz CT molecular complexity index is 1250. The van der Waals surface area contributed by atoms with Gasteiger partial charge in [-0.05, 0) is 68.8 Å². The second-order valence-corrected chi connectivity index (χ2v) is 9.29. The summed E-state index contributed by atoms with van der Waals surface area (Å²) in [4.78, 5) is 18.3. The summed E-state index contributed by atoms with van der Waals surface area (Å²) in [7, 11) is 0. The van der Waals surface area contributed by atoms with Gasteiger partial charge >= 0.3 is 0 Å². The number of anilines is 2. The second kappa shape index (κ2) is 10.9. The summed E-state index contributed by atoms with van der Waals surface area (Å²) >= 11 is 1.55. The fourth-order valence-corrected chi connectivity index (χ4v) is 4.64. The fraction of sp³-hybridized carbons (Fsp3) is 0.346. The van der Waals surface area contributed by atoms with Gasteiger partial charge in [0.25, 0.3) is 5.91 Å². The van der Waals surface area contributed by atoms with E-state index in [1.165, 1.54) is 0 Å². The number of carbonyl (C=O) groups is 1. The molecular weight excluding hydrogens is 462 g/mol. The van der Waals surface area contributed by atoms with Crippen LogP contribution in [0, 0.1) is 6.92 Å². The van der Waals surface area contributed by atoms with Crippen molar-refractivity contribution in [1.29, 1.82) is 0 Å². The SMILES string of the molecule is CCOc1ccc(C2C(C(=O)Nc3cccc(C)c3)=C(C)Nc3nc(SCC)nn32)cc1OCC. The molecule has 0 saturated heterocycles. The summed E-state index contributed by atoms with van der Waals surface area (Å²) in [5, 5.41) is 11.7. The van der Waals surface area contributed by atoms with Crippen molar-refractivity contribution in [3.05, 3.63) is 64.9 Å². The molecule has 2 aromatic carbocycles. The Hall–Kier alpha value is -3.46. The molecule has 0 bridgehead atoms. The van der Waals surface area contributed by atoms with Crippen LogP contribution in [-0.2, 0) is 4.79 Å². The molecule has 3 aromatic rings. The van der Waals surface area contributed by atoms with Crippen LogP contribution >= 0.6 is 11.8 Å². The molecule has 184 valence electrons. The predicted octanol–water partition coefficient (Wildman–Crippen LogP) is 5.42. The van der Waals surface area contributed by atoms with Crippen LogP contribution in [0.1, 0.15) is 44.9 Å². The zero-order valence-electron chi connectivity index (χ0n) is 20.7. The standard InChI is InChI=1S/C26H31N5O3S/c1-6-33-20-13-12-18(15-21(20)34-7-2)23-22(24(32)28-19-11-9-10-16(4)14-19)17(5)27-25-29-26(35-8-3)30-31(23)25/h9-15,23H,6-8H2,1-5H3,(H,28,32)(H,27,29,30). The van der Waals surface area contributed by atoms with E-state index in [-0.39, 0.29) is 5.91 Å². The van der Waals surface area contributed by atoms with Gasteiger partial charge in [0.05, 0.1) is 18.8 Å². The molecule has 0 spiro atoms. The highest BCUT2D eigenvalue weighted by atomic mass is 32.2. The molecule has 1 amide bonds. The van der Waals surface area contributed by atoms with Crippen LogP contribution in [0.3, 0.4) is 0 Å². The number of hydrogen-bond donors (Lipinski definition) is 2. The number of carbonyl (C=O) groups excluding carboxylic acids is 1. The lowest BCUT2D eigenvalue weighted by atomic mass is 9.94. The number of aryl methyl sites for hydroxylation is 1. The van der Waals surface area contributed by atoms with Crippen molar-refractivity contribution in [1.82, 2.24) is 14.8 Å². The third-order valence-electron chi connectivity index (χ3n) is 5.51. The molecule has 2 N–H and O–H groups in total. The number of allylic oxidation sites excluding steroid dienone is 1. The van der Waals surface area contributed by atoms with E-state index >= 15 is 0 Å². The molecule has 0 aliphatic carbocycles. The van der Waals surface area contributed by atoms with Gasteiger partial charge in [-0.2, -0.15) is 4.98 Å². The van der Waals surface area contributed by atoms with Crippen LogP contribution in [0.4, 0.5) is 11.6 Å². The number of nitrogens with zero attached hydrogens (tertiary/aromatic N) is 3. The number of benzene rings is 2. The van der Waals surface area contributed by atoms with Gasteiger partial charge in [0.1, 0.15) is 6.04 Å². The Morgan fingerprint density at radius 1 is 1.09 bits per heavy atom. The third-order valence-corrected chi connectivity index (χ3v) is 6.23. The third kappa shape index (κ3) is 5.30. The van der Waals surface area contributed by atoms with E-state index in [1.54, 1.807) is 16.4 Å². The van der Waals surface area contributed by atoms with Crippen LogP contribution in [-0.4, -0.2) is 39.6 Å². The average Bonchev–Trinajstić information content (AvgIpc) is 3.21. The Kier molecular flexibility index (Phi) is 7.65. The number of thioether (sulfide) groups is 1. The van der Waals surface area contributed by atoms with Crippen LogP contribution in [0.25, 0.3) is 0 Å². The first-order valence-electron chi connectivity index (χ1n) is 11.8. The normalized spacial score (nSPS) is 14.8. The molecule has 1 aliphatic heterocycles. The first-order chi connectivity index (χ1) is 16.9. The van der Waals surface area contributed by atoms with Gasteiger partial charge in [-0.3, -0.25) is 4.79 Å². The summed E-state index contributed by atoms with van der Waals surface area (Å²) < 4.78 is 13.4. The zero-order chi connectivity index (χ0) is 24.9. The molecule has 1 aromatic heterocycles. The van der Waals surface area contributed by atoms with Gasteiger partial charge < -0.3 is 20.1 Å². The molecule has 1 aliphatic rings. The Morgan fingerprint density at radius 2 is 1.86 bits per heavy atom.